The van der Waals surface area contributed by atoms with E-state index in [1.54, 1.807) is 18.2 Å². The quantitative estimate of drug-likeness (QED) is 0.670. The van der Waals surface area contributed by atoms with Gasteiger partial charge < -0.3 is 4.90 Å². The van der Waals surface area contributed by atoms with Gasteiger partial charge in [-0.3, -0.25) is 0 Å². The SMILES string of the molecule is CCCN(CCC)c1ccc2nc(Cl)cc(C(F)(F)F)c2c1. The molecule has 0 aliphatic carbocycles. The fourth-order valence-electron chi connectivity index (χ4n) is 2.52. The van der Waals surface area contributed by atoms with Crippen LogP contribution in [0.5, 0.6) is 0 Å². The molecule has 1 heterocycles. The van der Waals surface area contributed by atoms with Crippen LogP contribution in [-0.2, 0) is 6.18 Å². The molecule has 22 heavy (non-hydrogen) atoms. The molecule has 0 fully saturated rings. The van der Waals surface area contributed by atoms with E-state index in [9.17, 15) is 13.2 Å². The molecular formula is C16H18ClF3N2. The lowest BCUT2D eigenvalue weighted by Gasteiger charge is -2.24. The predicted octanol–water partition coefficient (Wildman–Crippen LogP) is 5.53. The Labute approximate surface area is 132 Å². The molecule has 0 N–H and O–H groups in total. The lowest BCUT2D eigenvalue weighted by atomic mass is 10.1. The third kappa shape index (κ3) is 3.64. The van der Waals surface area contributed by atoms with Gasteiger partial charge in [-0.15, -0.1) is 0 Å². The minimum absolute atomic E-state index is 0.0895. The lowest BCUT2D eigenvalue weighted by molar-refractivity contribution is -0.136. The van der Waals surface area contributed by atoms with Crippen molar-refractivity contribution in [3.63, 3.8) is 0 Å². The van der Waals surface area contributed by atoms with Gasteiger partial charge in [-0.1, -0.05) is 25.4 Å². The Balaban J connectivity index is 2.59. The van der Waals surface area contributed by atoms with Crippen molar-refractivity contribution < 1.29 is 13.2 Å². The molecule has 6 heteroatoms. The van der Waals surface area contributed by atoms with Crippen LogP contribution in [0.25, 0.3) is 10.9 Å². The number of alkyl halides is 3. The van der Waals surface area contributed by atoms with Gasteiger partial charge in [-0.2, -0.15) is 13.2 Å². The van der Waals surface area contributed by atoms with Gasteiger partial charge in [0.1, 0.15) is 5.15 Å². The fourth-order valence-corrected chi connectivity index (χ4v) is 2.72. The summed E-state index contributed by atoms with van der Waals surface area (Å²) in [6, 6.07) is 5.85. The van der Waals surface area contributed by atoms with Crippen molar-refractivity contribution in [2.75, 3.05) is 18.0 Å². The second-order valence-corrected chi connectivity index (χ2v) is 5.57. The number of benzene rings is 1. The molecule has 1 aromatic carbocycles. The fraction of sp³-hybridized carbons (Fsp3) is 0.438. The lowest BCUT2D eigenvalue weighted by Crippen LogP contribution is -2.24. The van der Waals surface area contributed by atoms with E-state index in [-0.39, 0.29) is 16.1 Å². The third-order valence-corrected chi connectivity index (χ3v) is 3.61. The zero-order valence-electron chi connectivity index (χ0n) is 12.5. The molecule has 2 aromatic rings. The molecule has 0 unspecified atom stereocenters. The predicted molar refractivity (Wildman–Crippen MR) is 84.6 cm³/mol. The number of hydrogen-bond donors (Lipinski definition) is 0. The first-order valence-electron chi connectivity index (χ1n) is 7.29. The number of pyridine rings is 1. The summed E-state index contributed by atoms with van der Waals surface area (Å²) in [5.41, 5.74) is 0.305. The van der Waals surface area contributed by atoms with Gasteiger partial charge in [0.2, 0.25) is 0 Å². The highest BCUT2D eigenvalue weighted by atomic mass is 35.5. The molecule has 0 aliphatic heterocycles. The van der Waals surface area contributed by atoms with Crippen molar-refractivity contribution in [1.29, 1.82) is 0 Å². The van der Waals surface area contributed by atoms with Crippen LogP contribution in [-0.4, -0.2) is 18.1 Å². The van der Waals surface area contributed by atoms with E-state index in [2.05, 4.69) is 9.88 Å². The molecule has 1 aromatic heterocycles. The van der Waals surface area contributed by atoms with E-state index in [1.165, 1.54) is 0 Å². The average Bonchev–Trinajstić information content (AvgIpc) is 2.44. The molecule has 0 aliphatic rings. The summed E-state index contributed by atoms with van der Waals surface area (Å²) in [4.78, 5) is 6.08. The van der Waals surface area contributed by atoms with E-state index in [4.69, 9.17) is 11.6 Å². The number of rotatable bonds is 5. The summed E-state index contributed by atoms with van der Waals surface area (Å²) in [5, 5.41) is -0.0573. The van der Waals surface area contributed by atoms with Crippen LogP contribution in [0.15, 0.2) is 24.3 Å². The minimum atomic E-state index is -4.45. The number of hydrogen-bond acceptors (Lipinski definition) is 2. The highest BCUT2D eigenvalue weighted by Crippen LogP contribution is 2.37. The van der Waals surface area contributed by atoms with E-state index in [1.807, 2.05) is 13.8 Å². The molecule has 0 saturated heterocycles. The van der Waals surface area contributed by atoms with Gasteiger partial charge in [0, 0.05) is 24.2 Å². The molecule has 2 nitrogen and oxygen atoms in total. The summed E-state index contributed by atoms with van der Waals surface area (Å²) in [6.45, 7) is 5.71. The highest BCUT2D eigenvalue weighted by molar-refractivity contribution is 6.30. The molecule has 0 saturated carbocycles. The Bertz CT molecular complexity index is 650. The van der Waals surface area contributed by atoms with Crippen LogP contribution in [0.4, 0.5) is 18.9 Å². The van der Waals surface area contributed by atoms with Crippen LogP contribution >= 0.6 is 11.6 Å². The van der Waals surface area contributed by atoms with Crippen molar-refractivity contribution in [2.45, 2.75) is 32.9 Å². The van der Waals surface area contributed by atoms with Gasteiger partial charge in [-0.25, -0.2) is 4.98 Å². The average molecular weight is 331 g/mol. The zero-order valence-corrected chi connectivity index (χ0v) is 13.3. The normalized spacial score (nSPS) is 11.9. The molecule has 0 radical (unpaired) electrons. The topological polar surface area (TPSA) is 16.1 Å². The smallest absolute Gasteiger partial charge is 0.372 e. The molecular weight excluding hydrogens is 313 g/mol. The standard InChI is InChI=1S/C16H18ClF3N2/c1-3-7-22(8-4-2)11-5-6-14-12(9-11)13(16(18,19)20)10-15(17)21-14/h5-6,9-10H,3-4,7-8H2,1-2H3. The molecule has 0 atom stereocenters. The van der Waals surface area contributed by atoms with Crippen molar-refractivity contribution >= 4 is 28.2 Å². The number of nitrogens with zero attached hydrogens (tertiary/aromatic N) is 2. The Hall–Kier alpha value is -1.49. The summed E-state index contributed by atoms with van der Waals surface area (Å²) in [5.74, 6) is 0. The van der Waals surface area contributed by atoms with Crippen molar-refractivity contribution in [1.82, 2.24) is 4.98 Å². The first kappa shape index (κ1) is 16.9. The number of anilines is 1. The molecule has 0 amide bonds. The van der Waals surface area contributed by atoms with E-state index >= 15 is 0 Å². The van der Waals surface area contributed by atoms with Crippen LogP contribution in [0.2, 0.25) is 5.15 Å². The Kier molecular flexibility index (Phi) is 5.16. The van der Waals surface area contributed by atoms with Gasteiger partial charge in [0.15, 0.2) is 0 Å². The maximum Gasteiger partial charge on any atom is 0.417 e. The summed E-state index contributed by atoms with van der Waals surface area (Å²) < 4.78 is 39.7. The summed E-state index contributed by atoms with van der Waals surface area (Å²) >= 11 is 5.71. The Morgan fingerprint density at radius 3 is 2.27 bits per heavy atom. The van der Waals surface area contributed by atoms with E-state index < -0.39 is 11.7 Å². The zero-order chi connectivity index (χ0) is 16.3. The van der Waals surface area contributed by atoms with Crippen LogP contribution in [0, 0.1) is 0 Å². The highest BCUT2D eigenvalue weighted by Gasteiger charge is 2.33. The maximum atomic E-state index is 13.2. The Morgan fingerprint density at radius 1 is 1.09 bits per heavy atom. The van der Waals surface area contributed by atoms with Crippen LogP contribution in [0.1, 0.15) is 32.3 Å². The molecule has 120 valence electrons. The van der Waals surface area contributed by atoms with Crippen molar-refractivity contribution in [3.05, 3.63) is 35.0 Å². The van der Waals surface area contributed by atoms with Crippen LogP contribution < -0.4 is 4.90 Å². The molecule has 0 bridgehead atoms. The van der Waals surface area contributed by atoms with Gasteiger partial charge >= 0.3 is 6.18 Å². The van der Waals surface area contributed by atoms with Gasteiger partial charge in [0.05, 0.1) is 11.1 Å². The van der Waals surface area contributed by atoms with E-state index in [0.29, 0.717) is 0 Å². The first-order valence-corrected chi connectivity index (χ1v) is 7.67. The minimum Gasteiger partial charge on any atom is -0.372 e. The van der Waals surface area contributed by atoms with E-state index in [0.717, 1.165) is 37.7 Å². The molecule has 0 spiro atoms. The Morgan fingerprint density at radius 2 is 1.73 bits per heavy atom. The maximum absolute atomic E-state index is 13.2. The van der Waals surface area contributed by atoms with Crippen LogP contribution in [0.3, 0.4) is 0 Å². The third-order valence-electron chi connectivity index (χ3n) is 3.42. The summed E-state index contributed by atoms with van der Waals surface area (Å²) in [6.07, 6.45) is -2.59. The molecule has 2 rings (SSSR count). The second kappa shape index (κ2) is 6.73. The van der Waals surface area contributed by atoms with Crippen molar-refractivity contribution in [3.8, 4) is 0 Å². The van der Waals surface area contributed by atoms with Crippen molar-refractivity contribution in [2.24, 2.45) is 0 Å². The second-order valence-electron chi connectivity index (χ2n) is 5.18. The number of fused-ring (bicyclic) bond motifs is 1. The number of aromatic nitrogens is 1. The largest absolute Gasteiger partial charge is 0.417 e. The van der Waals surface area contributed by atoms with Gasteiger partial charge in [-0.05, 0) is 37.1 Å². The number of halogens is 4. The van der Waals surface area contributed by atoms with Gasteiger partial charge in [0.25, 0.3) is 0 Å². The monoisotopic (exact) mass is 330 g/mol. The summed E-state index contributed by atoms with van der Waals surface area (Å²) in [7, 11) is 0. The first-order chi connectivity index (χ1) is 10.4.